The number of hydrogen-bond acceptors (Lipinski definition) is 4. The Bertz CT molecular complexity index is 641. The van der Waals surface area contributed by atoms with Crippen LogP contribution in [0, 0.1) is 5.41 Å². The summed E-state index contributed by atoms with van der Waals surface area (Å²) in [5.41, 5.74) is 0.0804. The lowest BCUT2D eigenvalue weighted by Crippen LogP contribution is -2.39. The Labute approximate surface area is 135 Å². The molecule has 0 aliphatic carbocycles. The number of nitrogens with zero attached hydrogens (tertiary/aromatic N) is 1. The van der Waals surface area contributed by atoms with Crippen molar-refractivity contribution < 1.29 is 22.0 Å². The fourth-order valence-electron chi connectivity index (χ4n) is 2.23. The first kappa shape index (κ1) is 19.5. The van der Waals surface area contributed by atoms with E-state index in [9.17, 15) is 22.0 Å². The molecule has 0 heterocycles. The lowest BCUT2D eigenvalue weighted by atomic mass is 9.93. The van der Waals surface area contributed by atoms with E-state index in [-0.39, 0.29) is 16.9 Å². The van der Waals surface area contributed by atoms with Crippen LogP contribution >= 0.6 is 0 Å². The molecule has 0 aromatic heterocycles. The smallest absolute Gasteiger partial charge is 0.341 e. The molecule has 130 valence electrons. The van der Waals surface area contributed by atoms with Gasteiger partial charge in [0.25, 0.3) is 5.91 Å². The van der Waals surface area contributed by atoms with Crippen molar-refractivity contribution in [1.82, 2.24) is 10.2 Å². The van der Waals surface area contributed by atoms with Gasteiger partial charge in [-0.2, -0.15) is 8.78 Å². The Morgan fingerprint density at radius 2 is 1.74 bits per heavy atom. The van der Waals surface area contributed by atoms with E-state index in [2.05, 4.69) is 5.32 Å². The largest absolute Gasteiger partial charge is 0.351 e. The summed E-state index contributed by atoms with van der Waals surface area (Å²) in [6, 6.07) is 4.48. The molecule has 0 atom stereocenters. The average molecular weight is 348 g/mol. The number of rotatable bonds is 7. The van der Waals surface area contributed by atoms with Gasteiger partial charge in [-0.3, -0.25) is 4.79 Å². The summed E-state index contributed by atoms with van der Waals surface area (Å²) in [5.74, 6) is -3.85. The molecule has 0 saturated heterocycles. The van der Waals surface area contributed by atoms with Gasteiger partial charge >= 0.3 is 5.76 Å². The van der Waals surface area contributed by atoms with E-state index in [1.807, 2.05) is 32.8 Å². The summed E-state index contributed by atoms with van der Waals surface area (Å²) < 4.78 is 47.5. The van der Waals surface area contributed by atoms with Crippen molar-refractivity contribution in [2.24, 2.45) is 5.41 Å². The van der Waals surface area contributed by atoms with Gasteiger partial charge in [-0.1, -0.05) is 13.8 Å². The third kappa shape index (κ3) is 5.54. The third-order valence-corrected chi connectivity index (χ3v) is 4.55. The molecule has 1 aromatic rings. The zero-order chi connectivity index (χ0) is 17.8. The van der Waals surface area contributed by atoms with Crippen molar-refractivity contribution in [1.29, 1.82) is 0 Å². The topological polar surface area (TPSA) is 66.5 Å². The maximum atomic E-state index is 12.4. The van der Waals surface area contributed by atoms with Gasteiger partial charge in [0.05, 0.1) is 4.90 Å². The predicted molar refractivity (Wildman–Crippen MR) is 84.3 cm³/mol. The number of carbonyl (C=O) groups excluding carboxylic acids is 1. The van der Waals surface area contributed by atoms with Crippen molar-refractivity contribution in [2.75, 3.05) is 27.2 Å². The highest BCUT2D eigenvalue weighted by Gasteiger charge is 2.26. The second-order valence-electron chi connectivity index (χ2n) is 6.41. The number of halogens is 2. The molecular weight excluding hydrogens is 326 g/mol. The van der Waals surface area contributed by atoms with Gasteiger partial charge in [-0.25, -0.2) is 8.42 Å². The highest BCUT2D eigenvalue weighted by atomic mass is 32.2. The second kappa shape index (κ2) is 7.35. The number of carbonyl (C=O) groups is 1. The SMILES string of the molecule is CN(C)CC(C)(C)CNC(=O)c1ccc(S(=O)(=O)C(F)F)cc1. The van der Waals surface area contributed by atoms with Crippen LogP contribution in [0.1, 0.15) is 24.2 Å². The van der Waals surface area contributed by atoms with E-state index in [1.54, 1.807) is 0 Å². The van der Waals surface area contributed by atoms with E-state index in [1.165, 1.54) is 12.1 Å². The minimum absolute atomic E-state index is 0.141. The summed E-state index contributed by atoms with van der Waals surface area (Å²) in [4.78, 5) is 13.6. The molecule has 0 saturated carbocycles. The third-order valence-electron chi connectivity index (χ3n) is 3.15. The molecule has 8 heteroatoms. The molecule has 0 bridgehead atoms. The minimum atomic E-state index is -4.64. The first-order valence-corrected chi connectivity index (χ1v) is 8.55. The van der Waals surface area contributed by atoms with Gasteiger partial charge in [0, 0.05) is 18.7 Å². The molecule has 0 radical (unpaired) electrons. The number of sulfone groups is 1. The molecule has 0 spiro atoms. The molecule has 0 unspecified atom stereocenters. The molecule has 1 amide bonds. The Balaban J connectivity index is 2.76. The van der Waals surface area contributed by atoms with E-state index >= 15 is 0 Å². The van der Waals surface area contributed by atoms with Crippen LogP contribution in [-0.4, -0.2) is 52.2 Å². The molecule has 1 rings (SSSR count). The van der Waals surface area contributed by atoms with Crippen LogP contribution in [0.4, 0.5) is 8.78 Å². The summed E-state index contributed by atoms with van der Waals surface area (Å²) in [5, 5.41) is 2.76. The van der Waals surface area contributed by atoms with Crippen molar-refractivity contribution in [2.45, 2.75) is 24.5 Å². The van der Waals surface area contributed by atoms with E-state index in [0.29, 0.717) is 6.54 Å². The van der Waals surface area contributed by atoms with Gasteiger partial charge in [0.1, 0.15) is 0 Å². The van der Waals surface area contributed by atoms with Crippen LogP contribution in [0.25, 0.3) is 0 Å². The molecule has 0 aliphatic heterocycles. The Kier molecular flexibility index (Phi) is 6.24. The van der Waals surface area contributed by atoms with E-state index in [4.69, 9.17) is 0 Å². The minimum Gasteiger partial charge on any atom is -0.351 e. The molecular formula is C15H22F2N2O3S. The lowest BCUT2D eigenvalue weighted by Gasteiger charge is -2.28. The fourth-order valence-corrected chi connectivity index (χ4v) is 2.95. The first-order valence-electron chi connectivity index (χ1n) is 7.01. The molecule has 5 nitrogen and oxygen atoms in total. The Morgan fingerprint density at radius 3 is 2.17 bits per heavy atom. The second-order valence-corrected chi connectivity index (χ2v) is 8.33. The van der Waals surface area contributed by atoms with E-state index < -0.39 is 20.5 Å². The van der Waals surface area contributed by atoms with Crippen molar-refractivity contribution >= 4 is 15.7 Å². The van der Waals surface area contributed by atoms with Crippen LogP contribution in [0.3, 0.4) is 0 Å². The van der Waals surface area contributed by atoms with Crippen LogP contribution in [-0.2, 0) is 9.84 Å². The molecule has 0 fully saturated rings. The van der Waals surface area contributed by atoms with Crippen molar-refractivity contribution in [3.63, 3.8) is 0 Å². The van der Waals surface area contributed by atoms with Crippen molar-refractivity contribution in [3.8, 4) is 0 Å². The average Bonchev–Trinajstić information content (AvgIpc) is 2.43. The molecule has 1 N–H and O–H groups in total. The van der Waals surface area contributed by atoms with Gasteiger partial charge in [0.15, 0.2) is 0 Å². The summed E-state index contributed by atoms with van der Waals surface area (Å²) in [6.07, 6.45) is 0. The normalized spacial score (nSPS) is 12.7. The Hall–Kier alpha value is -1.54. The molecule has 23 heavy (non-hydrogen) atoms. The lowest BCUT2D eigenvalue weighted by molar-refractivity contribution is 0.0929. The number of amides is 1. The highest BCUT2D eigenvalue weighted by Crippen LogP contribution is 2.19. The van der Waals surface area contributed by atoms with Crippen LogP contribution in [0.2, 0.25) is 0 Å². The molecule has 1 aromatic carbocycles. The van der Waals surface area contributed by atoms with Gasteiger partial charge in [-0.05, 0) is 43.8 Å². The van der Waals surface area contributed by atoms with E-state index in [0.717, 1.165) is 18.7 Å². The maximum absolute atomic E-state index is 12.4. The number of nitrogens with one attached hydrogen (secondary N) is 1. The van der Waals surface area contributed by atoms with Gasteiger partial charge in [0.2, 0.25) is 9.84 Å². The van der Waals surface area contributed by atoms with Crippen LogP contribution < -0.4 is 5.32 Å². The molecule has 0 aliphatic rings. The van der Waals surface area contributed by atoms with Crippen LogP contribution in [0.5, 0.6) is 0 Å². The summed E-state index contributed by atoms with van der Waals surface area (Å²) >= 11 is 0. The first-order chi connectivity index (χ1) is 10.5. The van der Waals surface area contributed by atoms with Crippen LogP contribution in [0.15, 0.2) is 29.2 Å². The summed E-state index contributed by atoms with van der Waals surface area (Å²) in [7, 11) is -0.766. The standard InChI is InChI=1S/C15H22F2N2O3S/c1-15(2,10-19(3)4)9-18-13(20)11-5-7-12(8-6-11)23(21,22)14(16)17/h5-8,14H,9-10H2,1-4H3,(H,18,20). The van der Waals surface area contributed by atoms with Gasteiger partial charge < -0.3 is 10.2 Å². The zero-order valence-corrected chi connectivity index (χ0v) is 14.5. The maximum Gasteiger partial charge on any atom is 0.341 e. The summed E-state index contributed by atoms with van der Waals surface area (Å²) in [6.45, 7) is 5.22. The van der Waals surface area contributed by atoms with Crippen molar-refractivity contribution in [3.05, 3.63) is 29.8 Å². The Morgan fingerprint density at radius 1 is 1.22 bits per heavy atom. The predicted octanol–water partition coefficient (Wildman–Crippen LogP) is 2.00. The zero-order valence-electron chi connectivity index (χ0n) is 13.6. The quantitative estimate of drug-likeness (QED) is 0.818. The fraction of sp³-hybridized carbons (Fsp3) is 0.533. The number of hydrogen-bond donors (Lipinski definition) is 1. The highest BCUT2D eigenvalue weighted by molar-refractivity contribution is 7.91. The monoisotopic (exact) mass is 348 g/mol. The number of benzene rings is 1. The number of alkyl halides is 2. The van der Waals surface area contributed by atoms with Gasteiger partial charge in [-0.15, -0.1) is 0 Å².